The first-order chi connectivity index (χ1) is 15.2. The van der Waals surface area contributed by atoms with E-state index in [9.17, 15) is 22.4 Å². The molecule has 0 radical (unpaired) electrons. The van der Waals surface area contributed by atoms with Gasteiger partial charge in [0.2, 0.25) is 0 Å². The molecule has 0 unspecified atom stereocenters. The van der Waals surface area contributed by atoms with Crippen LogP contribution in [0.25, 0.3) is 16.8 Å². The van der Waals surface area contributed by atoms with Crippen molar-refractivity contribution in [2.75, 3.05) is 0 Å². The number of benzene rings is 1. The number of halogens is 4. The zero-order valence-corrected chi connectivity index (χ0v) is 16.8. The Balaban J connectivity index is 1.75. The molecule has 10 heteroatoms. The highest BCUT2D eigenvalue weighted by molar-refractivity contribution is 5.69. The summed E-state index contributed by atoms with van der Waals surface area (Å²) < 4.78 is 63.4. The molecule has 1 aliphatic rings. The summed E-state index contributed by atoms with van der Waals surface area (Å²) in [6.07, 6.45) is 3.72. The average molecular weight is 447 g/mol. The summed E-state index contributed by atoms with van der Waals surface area (Å²) in [6, 6.07) is 6.13. The van der Waals surface area contributed by atoms with Gasteiger partial charge in [0.25, 0.3) is 5.56 Å². The molecule has 1 aliphatic carbocycles. The molecule has 2 heterocycles. The molecule has 0 spiro atoms. The predicted molar refractivity (Wildman–Crippen MR) is 108 cm³/mol. The first-order valence-electron chi connectivity index (χ1n) is 9.54. The van der Waals surface area contributed by atoms with Crippen molar-refractivity contribution < 1.29 is 27.0 Å². The van der Waals surface area contributed by atoms with Gasteiger partial charge in [0.05, 0.1) is 6.20 Å². The lowest BCUT2D eigenvalue weighted by atomic mass is 10.1. The third kappa shape index (κ3) is 4.90. The summed E-state index contributed by atoms with van der Waals surface area (Å²) in [5.41, 5.74) is 0.963. The third-order valence-electron chi connectivity index (χ3n) is 4.64. The van der Waals surface area contributed by atoms with Crippen LogP contribution in [0, 0.1) is 0 Å². The maximum Gasteiger partial charge on any atom is 0.573 e. The van der Waals surface area contributed by atoms with Gasteiger partial charge in [0.15, 0.2) is 0 Å². The highest BCUT2D eigenvalue weighted by Gasteiger charge is 2.31. The minimum absolute atomic E-state index is 0.202. The molecule has 4 rings (SSSR count). The second kappa shape index (κ2) is 8.37. The number of aryl methyl sites for hydroxylation is 1. The van der Waals surface area contributed by atoms with Crippen molar-refractivity contribution in [1.82, 2.24) is 14.3 Å². The van der Waals surface area contributed by atoms with Gasteiger partial charge in [-0.2, -0.15) is 5.10 Å². The van der Waals surface area contributed by atoms with E-state index in [1.807, 2.05) is 0 Å². The van der Waals surface area contributed by atoms with Crippen molar-refractivity contribution in [2.24, 2.45) is 7.05 Å². The van der Waals surface area contributed by atoms with Gasteiger partial charge in [-0.05, 0) is 36.8 Å². The number of allylic oxidation sites excluding steroid dienone is 3. The van der Waals surface area contributed by atoms with E-state index < -0.39 is 17.7 Å². The second-order valence-corrected chi connectivity index (χ2v) is 7.04. The Labute approximate surface area is 179 Å². The number of rotatable bonds is 5. The van der Waals surface area contributed by atoms with Crippen LogP contribution >= 0.6 is 0 Å². The van der Waals surface area contributed by atoms with E-state index in [0.717, 1.165) is 12.1 Å². The van der Waals surface area contributed by atoms with Crippen molar-refractivity contribution in [2.45, 2.75) is 19.2 Å². The molecule has 0 N–H and O–H groups in total. The molecule has 0 aliphatic heterocycles. The fraction of sp³-hybridized carbons (Fsp3) is 0.182. The van der Waals surface area contributed by atoms with E-state index >= 15 is 0 Å². The number of aromatic nitrogens is 3. The number of ether oxygens (including phenoxy) is 2. The van der Waals surface area contributed by atoms with E-state index in [1.54, 1.807) is 30.2 Å². The summed E-state index contributed by atoms with van der Waals surface area (Å²) >= 11 is 0. The lowest BCUT2D eigenvalue weighted by Gasteiger charge is -2.16. The molecule has 0 saturated carbocycles. The SMILES string of the molecule is Cn1cc(-c2cn(-c3ccc(OC(F)(F)F)cc3)c(=O)cc2OC2=CCCC(F)=C2)cn1. The standard InChI is InChI=1S/C22H17F4N3O3/c1-28-12-14(11-27-28)19-13-29(16-5-7-17(8-6-16)32-22(24,25)26)21(30)10-20(19)31-18-4-2-3-15(23)9-18/h4-13H,2-3H2,1H3. The maximum absolute atomic E-state index is 13.6. The van der Waals surface area contributed by atoms with Crippen molar-refractivity contribution in [3.8, 4) is 28.3 Å². The molecule has 1 aromatic carbocycles. The normalized spacial score (nSPS) is 14.0. The van der Waals surface area contributed by atoms with E-state index in [-0.39, 0.29) is 23.8 Å². The zero-order valence-electron chi connectivity index (χ0n) is 16.8. The van der Waals surface area contributed by atoms with Crippen LogP contribution in [-0.2, 0) is 7.05 Å². The predicted octanol–water partition coefficient (Wildman–Crippen LogP) is 5.05. The van der Waals surface area contributed by atoms with E-state index in [1.165, 1.54) is 35.0 Å². The fourth-order valence-electron chi connectivity index (χ4n) is 3.22. The van der Waals surface area contributed by atoms with Gasteiger partial charge >= 0.3 is 6.36 Å². The van der Waals surface area contributed by atoms with E-state index in [0.29, 0.717) is 23.2 Å². The molecular weight excluding hydrogens is 430 g/mol. The van der Waals surface area contributed by atoms with Crippen LogP contribution in [0.1, 0.15) is 12.8 Å². The topological polar surface area (TPSA) is 58.3 Å². The first kappa shape index (κ1) is 21.4. The summed E-state index contributed by atoms with van der Waals surface area (Å²) in [5.74, 6) is -0.238. The Morgan fingerprint density at radius 1 is 1.12 bits per heavy atom. The number of hydrogen-bond donors (Lipinski definition) is 0. The third-order valence-corrected chi connectivity index (χ3v) is 4.64. The molecule has 166 valence electrons. The second-order valence-electron chi connectivity index (χ2n) is 7.04. The number of nitrogens with zero attached hydrogens (tertiary/aromatic N) is 3. The van der Waals surface area contributed by atoms with Gasteiger partial charge in [-0.1, -0.05) is 0 Å². The Morgan fingerprint density at radius 2 is 1.88 bits per heavy atom. The van der Waals surface area contributed by atoms with Crippen LogP contribution in [-0.4, -0.2) is 20.7 Å². The van der Waals surface area contributed by atoms with Gasteiger partial charge in [0.1, 0.15) is 23.1 Å². The highest BCUT2D eigenvalue weighted by atomic mass is 19.4. The van der Waals surface area contributed by atoms with Crippen molar-refractivity contribution in [3.05, 3.63) is 83.0 Å². The molecule has 6 nitrogen and oxygen atoms in total. The fourth-order valence-corrected chi connectivity index (χ4v) is 3.22. The van der Waals surface area contributed by atoms with Crippen LogP contribution in [0.5, 0.6) is 11.5 Å². The maximum atomic E-state index is 13.6. The first-order valence-corrected chi connectivity index (χ1v) is 9.54. The largest absolute Gasteiger partial charge is 0.573 e. The van der Waals surface area contributed by atoms with Crippen molar-refractivity contribution in [1.29, 1.82) is 0 Å². The molecule has 0 amide bonds. The van der Waals surface area contributed by atoms with Crippen LogP contribution in [0.2, 0.25) is 0 Å². The summed E-state index contributed by atoms with van der Waals surface area (Å²) in [5, 5.41) is 4.13. The number of alkyl halides is 3. The van der Waals surface area contributed by atoms with Crippen LogP contribution in [0.4, 0.5) is 17.6 Å². The van der Waals surface area contributed by atoms with Gasteiger partial charge in [-0.15, -0.1) is 13.2 Å². The molecule has 0 fully saturated rings. The number of hydrogen-bond acceptors (Lipinski definition) is 4. The summed E-state index contributed by atoms with van der Waals surface area (Å²) in [6.45, 7) is 0. The van der Waals surface area contributed by atoms with Crippen LogP contribution < -0.4 is 15.0 Å². The van der Waals surface area contributed by atoms with Gasteiger partial charge in [0, 0.05) is 54.8 Å². The van der Waals surface area contributed by atoms with E-state index in [2.05, 4.69) is 9.84 Å². The van der Waals surface area contributed by atoms with E-state index in [4.69, 9.17) is 4.74 Å². The molecule has 3 aromatic rings. The molecular formula is C22H17F4N3O3. The van der Waals surface area contributed by atoms with Crippen LogP contribution in [0.15, 0.2) is 77.5 Å². The monoisotopic (exact) mass is 447 g/mol. The van der Waals surface area contributed by atoms with Gasteiger partial charge in [-0.3, -0.25) is 14.0 Å². The average Bonchev–Trinajstić information content (AvgIpc) is 3.14. The smallest absolute Gasteiger partial charge is 0.457 e. The minimum atomic E-state index is -4.81. The number of pyridine rings is 1. The van der Waals surface area contributed by atoms with Crippen LogP contribution in [0.3, 0.4) is 0 Å². The van der Waals surface area contributed by atoms with Crippen molar-refractivity contribution >= 4 is 0 Å². The molecule has 0 bridgehead atoms. The van der Waals surface area contributed by atoms with Gasteiger partial charge < -0.3 is 9.47 Å². The van der Waals surface area contributed by atoms with Crippen molar-refractivity contribution in [3.63, 3.8) is 0 Å². The highest BCUT2D eigenvalue weighted by Crippen LogP contribution is 2.32. The lowest BCUT2D eigenvalue weighted by molar-refractivity contribution is -0.274. The Hall–Kier alpha value is -3.82. The summed E-state index contributed by atoms with van der Waals surface area (Å²) in [4.78, 5) is 12.8. The lowest BCUT2D eigenvalue weighted by Crippen LogP contribution is -2.19. The minimum Gasteiger partial charge on any atom is -0.457 e. The Bertz CT molecular complexity index is 1250. The zero-order chi connectivity index (χ0) is 22.9. The molecule has 2 aromatic heterocycles. The molecule has 0 atom stereocenters. The summed E-state index contributed by atoms with van der Waals surface area (Å²) in [7, 11) is 1.72. The molecule has 32 heavy (non-hydrogen) atoms. The Morgan fingerprint density at radius 3 is 2.50 bits per heavy atom. The van der Waals surface area contributed by atoms with Gasteiger partial charge in [-0.25, -0.2) is 4.39 Å². The molecule has 0 saturated heterocycles. The quantitative estimate of drug-likeness (QED) is 0.514. The Kier molecular flexibility index (Phi) is 5.60.